The molecule has 116 valence electrons. The molecule has 0 bridgehead atoms. The zero-order valence-corrected chi connectivity index (χ0v) is 13.5. The maximum atomic E-state index is 12.1. The van der Waals surface area contributed by atoms with Gasteiger partial charge in [0, 0.05) is 11.3 Å². The minimum absolute atomic E-state index is 0.0164. The summed E-state index contributed by atoms with van der Waals surface area (Å²) in [6.07, 6.45) is 0. The van der Waals surface area contributed by atoms with Crippen LogP contribution in [0.1, 0.15) is 10.4 Å². The lowest BCUT2D eigenvalue weighted by Gasteiger charge is -2.04. The molecule has 2 N–H and O–H groups in total. The molecule has 1 heterocycles. The van der Waals surface area contributed by atoms with Gasteiger partial charge in [-0.2, -0.15) is 0 Å². The van der Waals surface area contributed by atoms with E-state index in [0.717, 1.165) is 10.2 Å². The monoisotopic (exact) mass is 344 g/mol. The van der Waals surface area contributed by atoms with E-state index in [1.54, 1.807) is 18.2 Å². The van der Waals surface area contributed by atoms with Crippen LogP contribution in [0.15, 0.2) is 52.9 Å². The summed E-state index contributed by atoms with van der Waals surface area (Å²) in [6, 6.07) is 14.4. The fourth-order valence-corrected chi connectivity index (χ4v) is 3.79. The number of carbonyl (C=O) groups excluding carboxylic acids is 1. The topological polar surface area (TPSA) is 79.3 Å². The SMILES string of the molecule is O=C(O)CSc1nc2ccc(NC(=O)c3ccccc3)cc2s1. The molecule has 0 saturated heterocycles. The number of thiazole rings is 1. The molecule has 3 aromatic rings. The average molecular weight is 344 g/mol. The van der Waals surface area contributed by atoms with Crippen LogP contribution in [-0.4, -0.2) is 27.7 Å². The number of carbonyl (C=O) groups is 2. The standard InChI is InChI=1S/C16H12N2O3S2/c19-14(20)9-22-16-18-12-7-6-11(8-13(12)23-16)17-15(21)10-4-2-1-3-5-10/h1-8H,9H2,(H,17,21)(H,19,20). The molecule has 7 heteroatoms. The van der Waals surface area contributed by atoms with E-state index >= 15 is 0 Å². The van der Waals surface area contributed by atoms with Crippen molar-refractivity contribution in [1.82, 2.24) is 4.98 Å². The first-order chi connectivity index (χ1) is 11.1. The molecule has 0 fully saturated rings. The van der Waals surface area contributed by atoms with Crippen molar-refractivity contribution >= 4 is 50.9 Å². The molecule has 1 amide bonds. The number of carboxylic acid groups (broad SMARTS) is 1. The van der Waals surface area contributed by atoms with Crippen LogP contribution in [-0.2, 0) is 4.79 Å². The molecule has 0 saturated carbocycles. The van der Waals surface area contributed by atoms with Crippen molar-refractivity contribution in [3.63, 3.8) is 0 Å². The highest BCUT2D eigenvalue weighted by Gasteiger charge is 2.09. The highest BCUT2D eigenvalue weighted by Crippen LogP contribution is 2.31. The van der Waals surface area contributed by atoms with Crippen LogP contribution >= 0.6 is 23.1 Å². The number of aromatic nitrogens is 1. The lowest BCUT2D eigenvalue weighted by molar-refractivity contribution is -0.133. The molecule has 0 atom stereocenters. The number of hydrogen-bond acceptors (Lipinski definition) is 5. The van der Waals surface area contributed by atoms with Crippen LogP contribution in [0.4, 0.5) is 5.69 Å². The fraction of sp³-hybridized carbons (Fsp3) is 0.0625. The molecule has 0 aliphatic carbocycles. The summed E-state index contributed by atoms with van der Waals surface area (Å²) in [6.45, 7) is 0. The van der Waals surface area contributed by atoms with Crippen molar-refractivity contribution < 1.29 is 14.7 Å². The van der Waals surface area contributed by atoms with Gasteiger partial charge < -0.3 is 10.4 Å². The third kappa shape index (κ3) is 3.88. The number of hydrogen-bond donors (Lipinski definition) is 2. The van der Waals surface area contributed by atoms with Crippen LogP contribution < -0.4 is 5.32 Å². The van der Waals surface area contributed by atoms with Gasteiger partial charge in [0.15, 0.2) is 4.34 Å². The molecule has 5 nitrogen and oxygen atoms in total. The van der Waals surface area contributed by atoms with E-state index in [1.165, 1.54) is 23.1 Å². The fourth-order valence-electron chi connectivity index (χ4n) is 1.96. The predicted molar refractivity (Wildman–Crippen MR) is 92.4 cm³/mol. The van der Waals surface area contributed by atoms with Gasteiger partial charge in [-0.25, -0.2) is 4.98 Å². The van der Waals surface area contributed by atoms with Crippen LogP contribution in [0.5, 0.6) is 0 Å². The van der Waals surface area contributed by atoms with Gasteiger partial charge in [-0.15, -0.1) is 11.3 Å². The van der Waals surface area contributed by atoms with Crippen LogP contribution in [0.3, 0.4) is 0 Å². The Morgan fingerprint density at radius 1 is 1.17 bits per heavy atom. The number of thioether (sulfide) groups is 1. The molecule has 0 unspecified atom stereocenters. The van der Waals surface area contributed by atoms with Gasteiger partial charge in [-0.1, -0.05) is 30.0 Å². The van der Waals surface area contributed by atoms with Crippen LogP contribution in [0, 0.1) is 0 Å². The number of aliphatic carboxylic acids is 1. The Bertz CT molecular complexity index is 862. The number of fused-ring (bicyclic) bond motifs is 1. The van der Waals surface area contributed by atoms with Crippen molar-refractivity contribution in [3.05, 3.63) is 54.1 Å². The smallest absolute Gasteiger partial charge is 0.313 e. The van der Waals surface area contributed by atoms with Gasteiger partial charge in [-0.05, 0) is 30.3 Å². The maximum absolute atomic E-state index is 12.1. The summed E-state index contributed by atoms with van der Waals surface area (Å²) in [7, 11) is 0. The van der Waals surface area contributed by atoms with Crippen molar-refractivity contribution in [2.75, 3.05) is 11.1 Å². The largest absolute Gasteiger partial charge is 0.481 e. The zero-order valence-electron chi connectivity index (χ0n) is 11.9. The summed E-state index contributed by atoms with van der Waals surface area (Å²) in [5, 5.41) is 11.6. The highest BCUT2D eigenvalue weighted by molar-refractivity contribution is 8.01. The first-order valence-electron chi connectivity index (χ1n) is 6.73. The number of anilines is 1. The van der Waals surface area contributed by atoms with E-state index in [9.17, 15) is 9.59 Å². The molecule has 0 aliphatic heterocycles. The Hall–Kier alpha value is -2.38. The van der Waals surface area contributed by atoms with Gasteiger partial charge >= 0.3 is 5.97 Å². The molecule has 2 aromatic carbocycles. The number of amides is 1. The molecule has 0 spiro atoms. The van der Waals surface area contributed by atoms with Crippen LogP contribution in [0.25, 0.3) is 10.2 Å². The number of nitrogens with zero attached hydrogens (tertiary/aromatic N) is 1. The maximum Gasteiger partial charge on any atom is 0.313 e. The molecule has 3 rings (SSSR count). The van der Waals surface area contributed by atoms with Crippen molar-refractivity contribution in [1.29, 1.82) is 0 Å². The minimum atomic E-state index is -0.870. The molecule has 1 aromatic heterocycles. The molecule has 0 aliphatic rings. The van der Waals surface area contributed by atoms with E-state index in [0.29, 0.717) is 15.6 Å². The summed E-state index contributed by atoms with van der Waals surface area (Å²) < 4.78 is 1.61. The summed E-state index contributed by atoms with van der Waals surface area (Å²) in [4.78, 5) is 27.1. The third-order valence-corrected chi connectivity index (χ3v) is 5.13. The van der Waals surface area contributed by atoms with E-state index in [4.69, 9.17) is 5.11 Å². The van der Waals surface area contributed by atoms with Crippen LogP contribution in [0.2, 0.25) is 0 Å². The Labute approximate surface area is 140 Å². The second kappa shape index (κ2) is 6.80. The normalized spacial score (nSPS) is 10.6. The molecular weight excluding hydrogens is 332 g/mol. The quantitative estimate of drug-likeness (QED) is 0.690. The number of carboxylic acids is 1. The predicted octanol–water partition coefficient (Wildman–Crippen LogP) is 3.73. The van der Waals surface area contributed by atoms with Gasteiger partial charge in [0.1, 0.15) is 0 Å². The van der Waals surface area contributed by atoms with Gasteiger partial charge in [0.25, 0.3) is 5.91 Å². The Morgan fingerprint density at radius 3 is 2.70 bits per heavy atom. The minimum Gasteiger partial charge on any atom is -0.481 e. The zero-order chi connectivity index (χ0) is 16.2. The summed E-state index contributed by atoms with van der Waals surface area (Å²) in [5.41, 5.74) is 2.07. The van der Waals surface area contributed by atoms with Gasteiger partial charge in [0.05, 0.1) is 16.0 Å². The number of rotatable bonds is 5. The van der Waals surface area contributed by atoms with Crippen molar-refractivity contribution in [2.24, 2.45) is 0 Å². The van der Waals surface area contributed by atoms with Gasteiger partial charge in [-0.3, -0.25) is 9.59 Å². The summed E-state index contributed by atoms with van der Waals surface area (Å²) in [5.74, 6) is -1.06. The summed E-state index contributed by atoms with van der Waals surface area (Å²) >= 11 is 2.60. The van der Waals surface area contributed by atoms with E-state index in [2.05, 4.69) is 10.3 Å². The molecule has 23 heavy (non-hydrogen) atoms. The number of benzene rings is 2. The van der Waals surface area contributed by atoms with E-state index in [-0.39, 0.29) is 11.7 Å². The first kappa shape index (κ1) is 15.5. The van der Waals surface area contributed by atoms with Crippen molar-refractivity contribution in [3.8, 4) is 0 Å². The van der Waals surface area contributed by atoms with Crippen molar-refractivity contribution in [2.45, 2.75) is 4.34 Å². The first-order valence-corrected chi connectivity index (χ1v) is 8.53. The van der Waals surface area contributed by atoms with E-state index < -0.39 is 5.97 Å². The van der Waals surface area contributed by atoms with E-state index in [1.807, 2.05) is 30.3 Å². The lowest BCUT2D eigenvalue weighted by Crippen LogP contribution is -2.11. The Morgan fingerprint density at radius 2 is 1.96 bits per heavy atom. The Kier molecular flexibility index (Phi) is 4.59. The highest BCUT2D eigenvalue weighted by atomic mass is 32.2. The average Bonchev–Trinajstić information content (AvgIpc) is 2.96. The number of nitrogens with one attached hydrogen (secondary N) is 1. The second-order valence-corrected chi connectivity index (χ2v) is 6.92. The van der Waals surface area contributed by atoms with Gasteiger partial charge in [0.2, 0.25) is 0 Å². The Balaban J connectivity index is 1.77. The third-order valence-electron chi connectivity index (χ3n) is 2.98. The second-order valence-electron chi connectivity index (χ2n) is 4.66. The molecular formula is C16H12N2O3S2. The lowest BCUT2D eigenvalue weighted by atomic mass is 10.2. The molecule has 0 radical (unpaired) electrons.